The second-order valence-corrected chi connectivity index (χ2v) is 4.37. The number of hydrogen-bond donors (Lipinski definition) is 0. The van der Waals surface area contributed by atoms with E-state index in [2.05, 4.69) is 13.0 Å². The summed E-state index contributed by atoms with van der Waals surface area (Å²) in [5.41, 5.74) is -0.461. The molecule has 0 amide bonds. The molecule has 0 N–H and O–H groups in total. The number of nitrogens with zero attached hydrogens (tertiary/aromatic N) is 1. The number of hydrogen-bond acceptors (Lipinski definition) is 3. The van der Waals surface area contributed by atoms with Gasteiger partial charge in [0.2, 0.25) is 0 Å². The van der Waals surface area contributed by atoms with Gasteiger partial charge in [-0.2, -0.15) is 5.26 Å². The van der Waals surface area contributed by atoms with Gasteiger partial charge in [-0.15, -0.1) is 0 Å². The summed E-state index contributed by atoms with van der Waals surface area (Å²) in [7, 11) is 0. The Kier molecular flexibility index (Phi) is 4.76. The molecule has 0 aliphatic heterocycles. The maximum absolute atomic E-state index is 9.52. The third-order valence-electron chi connectivity index (χ3n) is 3.66. The average Bonchev–Trinajstić information content (AvgIpc) is 2.31. The zero-order valence-corrected chi connectivity index (χ0v) is 10.7. The van der Waals surface area contributed by atoms with E-state index in [1.54, 1.807) is 0 Å². The molecular weight excluding hydrogens is 202 g/mol. The predicted molar refractivity (Wildman–Crippen MR) is 62.8 cm³/mol. The first kappa shape index (κ1) is 13.5. The van der Waals surface area contributed by atoms with E-state index in [0.717, 1.165) is 32.1 Å². The van der Waals surface area contributed by atoms with E-state index in [9.17, 15) is 5.26 Å². The first-order chi connectivity index (χ1) is 7.70. The SMILES string of the molecule is CCOC1(OCC)CCCCC1(C#N)CC. The van der Waals surface area contributed by atoms with Crippen molar-refractivity contribution in [3.05, 3.63) is 0 Å². The molecule has 0 aromatic rings. The van der Waals surface area contributed by atoms with Crippen molar-refractivity contribution < 1.29 is 9.47 Å². The molecule has 92 valence electrons. The molecular formula is C13H23NO2. The van der Waals surface area contributed by atoms with Crippen LogP contribution in [-0.2, 0) is 9.47 Å². The van der Waals surface area contributed by atoms with Gasteiger partial charge in [0.25, 0.3) is 0 Å². The molecule has 16 heavy (non-hydrogen) atoms. The van der Waals surface area contributed by atoms with Crippen LogP contribution < -0.4 is 0 Å². The Hall–Kier alpha value is -0.590. The highest BCUT2D eigenvalue weighted by Gasteiger charge is 2.54. The van der Waals surface area contributed by atoms with E-state index in [1.165, 1.54) is 0 Å². The smallest absolute Gasteiger partial charge is 0.186 e. The van der Waals surface area contributed by atoms with E-state index >= 15 is 0 Å². The minimum atomic E-state index is -0.668. The van der Waals surface area contributed by atoms with Crippen molar-refractivity contribution in [2.45, 2.75) is 58.7 Å². The van der Waals surface area contributed by atoms with E-state index in [4.69, 9.17) is 9.47 Å². The molecule has 0 aromatic heterocycles. The van der Waals surface area contributed by atoms with Crippen molar-refractivity contribution >= 4 is 0 Å². The summed E-state index contributed by atoms with van der Waals surface area (Å²) < 4.78 is 11.7. The lowest BCUT2D eigenvalue weighted by Crippen LogP contribution is -2.53. The molecule has 0 saturated heterocycles. The highest BCUT2D eigenvalue weighted by molar-refractivity contribution is 5.10. The molecule has 0 bridgehead atoms. The van der Waals surface area contributed by atoms with Crippen LogP contribution in [0.1, 0.15) is 52.9 Å². The van der Waals surface area contributed by atoms with Gasteiger partial charge in [0, 0.05) is 19.6 Å². The monoisotopic (exact) mass is 225 g/mol. The highest BCUT2D eigenvalue weighted by Crippen LogP contribution is 2.49. The summed E-state index contributed by atoms with van der Waals surface area (Å²) in [6.45, 7) is 7.19. The molecule has 1 unspecified atom stereocenters. The zero-order valence-electron chi connectivity index (χ0n) is 10.7. The molecule has 3 heteroatoms. The Balaban J connectivity index is 3.03. The fraction of sp³-hybridized carbons (Fsp3) is 0.923. The molecule has 1 saturated carbocycles. The van der Waals surface area contributed by atoms with Crippen LogP contribution in [0.5, 0.6) is 0 Å². The number of rotatable bonds is 5. The van der Waals surface area contributed by atoms with E-state index in [-0.39, 0.29) is 0 Å². The van der Waals surface area contributed by atoms with E-state index in [0.29, 0.717) is 13.2 Å². The molecule has 3 nitrogen and oxygen atoms in total. The topological polar surface area (TPSA) is 42.2 Å². The molecule has 1 aliphatic carbocycles. The molecule has 1 atom stereocenters. The molecule has 0 radical (unpaired) electrons. The summed E-state index contributed by atoms with van der Waals surface area (Å²) in [5, 5.41) is 9.52. The van der Waals surface area contributed by atoms with Gasteiger partial charge in [-0.05, 0) is 33.1 Å². The van der Waals surface area contributed by atoms with Gasteiger partial charge in [0.05, 0.1) is 6.07 Å². The lowest BCUT2D eigenvalue weighted by Gasteiger charge is -2.48. The minimum absolute atomic E-state index is 0.461. The second-order valence-electron chi connectivity index (χ2n) is 4.37. The van der Waals surface area contributed by atoms with Crippen LogP contribution in [0.15, 0.2) is 0 Å². The molecule has 1 rings (SSSR count). The standard InChI is InChI=1S/C13H23NO2/c1-4-12(11-14)9-7-8-10-13(12,15-5-2)16-6-3/h4-10H2,1-3H3. The van der Waals surface area contributed by atoms with Crippen molar-refractivity contribution in [3.8, 4) is 6.07 Å². The van der Waals surface area contributed by atoms with Gasteiger partial charge in [0.15, 0.2) is 5.79 Å². The first-order valence-corrected chi connectivity index (χ1v) is 6.39. The Morgan fingerprint density at radius 1 is 1.06 bits per heavy atom. The van der Waals surface area contributed by atoms with Crippen LogP contribution in [0.2, 0.25) is 0 Å². The van der Waals surface area contributed by atoms with Gasteiger partial charge >= 0.3 is 0 Å². The molecule has 1 aliphatic rings. The van der Waals surface area contributed by atoms with Crippen molar-refractivity contribution in [1.82, 2.24) is 0 Å². The van der Waals surface area contributed by atoms with Crippen LogP contribution in [0.25, 0.3) is 0 Å². The van der Waals surface area contributed by atoms with Crippen LogP contribution >= 0.6 is 0 Å². The summed E-state index contributed by atoms with van der Waals surface area (Å²) in [4.78, 5) is 0. The Bertz CT molecular complexity index is 248. The number of nitriles is 1. The quantitative estimate of drug-likeness (QED) is 0.674. The van der Waals surface area contributed by atoms with Gasteiger partial charge < -0.3 is 9.47 Å². The van der Waals surface area contributed by atoms with Gasteiger partial charge in [-0.25, -0.2) is 0 Å². The lowest BCUT2D eigenvalue weighted by molar-refractivity contribution is -0.297. The van der Waals surface area contributed by atoms with Crippen molar-refractivity contribution in [2.24, 2.45) is 5.41 Å². The summed E-state index contributed by atoms with van der Waals surface area (Å²) in [5.74, 6) is -0.668. The van der Waals surface area contributed by atoms with Crippen molar-refractivity contribution in [2.75, 3.05) is 13.2 Å². The third kappa shape index (κ3) is 2.09. The zero-order chi connectivity index (χ0) is 12.1. The largest absolute Gasteiger partial charge is 0.349 e. The number of ether oxygens (including phenoxy) is 2. The maximum Gasteiger partial charge on any atom is 0.186 e. The fourth-order valence-corrected chi connectivity index (χ4v) is 2.81. The molecule has 0 heterocycles. The van der Waals surface area contributed by atoms with E-state index < -0.39 is 11.2 Å². The second kappa shape index (κ2) is 5.65. The van der Waals surface area contributed by atoms with Gasteiger partial charge in [0.1, 0.15) is 5.41 Å². The van der Waals surface area contributed by atoms with Gasteiger partial charge in [-0.3, -0.25) is 0 Å². The summed E-state index contributed by atoms with van der Waals surface area (Å²) >= 11 is 0. The molecule has 0 spiro atoms. The normalized spacial score (nSPS) is 28.6. The summed E-state index contributed by atoms with van der Waals surface area (Å²) in [6.07, 6.45) is 4.71. The Morgan fingerprint density at radius 3 is 2.06 bits per heavy atom. The van der Waals surface area contributed by atoms with Crippen LogP contribution in [0.4, 0.5) is 0 Å². The van der Waals surface area contributed by atoms with Crippen LogP contribution in [0, 0.1) is 16.7 Å². The minimum Gasteiger partial charge on any atom is -0.349 e. The Morgan fingerprint density at radius 2 is 1.62 bits per heavy atom. The third-order valence-corrected chi connectivity index (χ3v) is 3.66. The van der Waals surface area contributed by atoms with Crippen LogP contribution in [0.3, 0.4) is 0 Å². The maximum atomic E-state index is 9.52. The van der Waals surface area contributed by atoms with Crippen molar-refractivity contribution in [3.63, 3.8) is 0 Å². The lowest BCUT2D eigenvalue weighted by atomic mass is 9.68. The first-order valence-electron chi connectivity index (χ1n) is 6.39. The van der Waals surface area contributed by atoms with Crippen LogP contribution in [-0.4, -0.2) is 19.0 Å². The highest BCUT2D eigenvalue weighted by atomic mass is 16.7. The van der Waals surface area contributed by atoms with Crippen molar-refractivity contribution in [1.29, 1.82) is 5.26 Å². The van der Waals surface area contributed by atoms with Gasteiger partial charge in [-0.1, -0.05) is 13.3 Å². The molecule has 0 aromatic carbocycles. The summed E-state index contributed by atoms with van der Waals surface area (Å²) in [6, 6.07) is 2.48. The fourth-order valence-electron chi connectivity index (χ4n) is 2.81. The molecule has 1 fully saturated rings. The average molecular weight is 225 g/mol. The Labute approximate surface area is 98.7 Å². The van der Waals surface area contributed by atoms with E-state index in [1.807, 2.05) is 13.8 Å². The predicted octanol–water partition coefficient (Wildman–Crippen LogP) is 3.25.